The molecule has 0 aliphatic carbocycles. The van der Waals surface area contributed by atoms with Crippen molar-refractivity contribution in [2.45, 2.75) is 46.1 Å². The van der Waals surface area contributed by atoms with Crippen molar-refractivity contribution in [1.29, 1.82) is 0 Å². The van der Waals surface area contributed by atoms with Crippen LogP contribution < -0.4 is 4.74 Å². The van der Waals surface area contributed by atoms with Gasteiger partial charge in [-0.3, -0.25) is 9.69 Å². The molecule has 0 saturated carbocycles. The molecular formula is C23H34N2O7. The summed E-state index contributed by atoms with van der Waals surface area (Å²) in [5, 5.41) is 25.2. The molecule has 2 saturated heterocycles. The number of hydrogen-bond acceptors (Lipinski definition) is 6. The normalized spacial score (nSPS) is 19.6. The first-order chi connectivity index (χ1) is 15.2. The van der Waals surface area contributed by atoms with Crippen molar-refractivity contribution in [2.24, 2.45) is 11.8 Å². The zero-order valence-electron chi connectivity index (χ0n) is 18.8. The number of aliphatic carboxylic acids is 2. The fourth-order valence-corrected chi connectivity index (χ4v) is 4.19. The van der Waals surface area contributed by atoms with Crippen LogP contribution in [0.2, 0.25) is 0 Å². The van der Waals surface area contributed by atoms with Crippen LogP contribution in [-0.4, -0.2) is 75.8 Å². The molecule has 3 N–H and O–H groups in total. The van der Waals surface area contributed by atoms with Crippen molar-refractivity contribution >= 4 is 17.8 Å². The largest absolute Gasteiger partial charge is 0.504 e. The minimum atomic E-state index is -1.82. The molecule has 9 nitrogen and oxygen atoms in total. The van der Waals surface area contributed by atoms with E-state index in [2.05, 4.69) is 16.7 Å². The van der Waals surface area contributed by atoms with Gasteiger partial charge in [0.25, 0.3) is 0 Å². The number of phenolic OH excluding ortho intramolecular Hbond substituents is 1. The molecule has 2 aliphatic heterocycles. The van der Waals surface area contributed by atoms with Crippen LogP contribution in [0.1, 0.15) is 45.1 Å². The van der Waals surface area contributed by atoms with Gasteiger partial charge in [-0.25, -0.2) is 9.59 Å². The Balaban J connectivity index is 0.000000534. The molecule has 0 bridgehead atoms. The van der Waals surface area contributed by atoms with Crippen LogP contribution >= 0.6 is 0 Å². The number of carboxylic acid groups (broad SMARTS) is 2. The molecule has 9 heteroatoms. The lowest BCUT2D eigenvalue weighted by molar-refractivity contribution is -0.159. The molecule has 0 radical (unpaired) electrons. The number of ether oxygens (including phenoxy) is 1. The van der Waals surface area contributed by atoms with Crippen LogP contribution in [-0.2, 0) is 20.9 Å². The van der Waals surface area contributed by atoms with Gasteiger partial charge in [-0.1, -0.05) is 19.1 Å². The Labute approximate surface area is 188 Å². The van der Waals surface area contributed by atoms with Gasteiger partial charge in [0, 0.05) is 31.1 Å². The predicted molar refractivity (Wildman–Crippen MR) is 118 cm³/mol. The first kappa shape index (κ1) is 25.5. The van der Waals surface area contributed by atoms with E-state index in [4.69, 9.17) is 24.5 Å². The quantitative estimate of drug-likeness (QED) is 0.584. The van der Waals surface area contributed by atoms with Gasteiger partial charge >= 0.3 is 11.9 Å². The third-order valence-corrected chi connectivity index (χ3v) is 5.86. The second-order valence-corrected chi connectivity index (χ2v) is 8.39. The van der Waals surface area contributed by atoms with Crippen molar-refractivity contribution in [1.82, 2.24) is 9.80 Å². The van der Waals surface area contributed by atoms with Crippen LogP contribution in [0, 0.1) is 11.8 Å². The number of para-hydroxylation sites is 1. The molecule has 32 heavy (non-hydrogen) atoms. The summed E-state index contributed by atoms with van der Waals surface area (Å²) < 4.78 is 5.47. The Bertz CT molecular complexity index is 779. The number of hydrogen-bond donors (Lipinski definition) is 3. The topological polar surface area (TPSA) is 128 Å². The number of carbonyl (C=O) groups excluding carboxylic acids is 1. The van der Waals surface area contributed by atoms with E-state index in [9.17, 15) is 9.90 Å². The Morgan fingerprint density at radius 2 is 1.72 bits per heavy atom. The number of piperidine rings is 2. The second-order valence-electron chi connectivity index (χ2n) is 8.39. The van der Waals surface area contributed by atoms with Gasteiger partial charge in [0.2, 0.25) is 5.91 Å². The van der Waals surface area contributed by atoms with E-state index in [0.29, 0.717) is 30.7 Å². The van der Waals surface area contributed by atoms with Crippen molar-refractivity contribution in [3.05, 3.63) is 23.8 Å². The van der Waals surface area contributed by atoms with Gasteiger partial charge in [0.1, 0.15) is 0 Å². The van der Waals surface area contributed by atoms with E-state index >= 15 is 0 Å². The Morgan fingerprint density at radius 1 is 1.06 bits per heavy atom. The lowest BCUT2D eigenvalue weighted by atomic mass is 9.92. The second kappa shape index (κ2) is 12.3. The number of carbonyl (C=O) groups is 3. The summed E-state index contributed by atoms with van der Waals surface area (Å²) in [6.07, 6.45) is 4.21. The van der Waals surface area contributed by atoms with Gasteiger partial charge in [0.05, 0.1) is 6.61 Å². The fraction of sp³-hybridized carbons (Fsp3) is 0.609. The van der Waals surface area contributed by atoms with Gasteiger partial charge in [0.15, 0.2) is 11.5 Å². The maximum Gasteiger partial charge on any atom is 0.414 e. The molecule has 2 heterocycles. The molecule has 0 spiro atoms. The molecule has 1 amide bonds. The predicted octanol–water partition coefficient (Wildman–Crippen LogP) is 2.42. The molecule has 2 fully saturated rings. The van der Waals surface area contributed by atoms with Crippen molar-refractivity contribution in [3.8, 4) is 11.5 Å². The maximum absolute atomic E-state index is 12.8. The minimum absolute atomic E-state index is 0.167. The summed E-state index contributed by atoms with van der Waals surface area (Å²) in [6.45, 7) is 9.06. The zero-order valence-corrected chi connectivity index (χ0v) is 18.8. The smallest absolute Gasteiger partial charge is 0.414 e. The molecule has 3 rings (SSSR count). The Morgan fingerprint density at radius 3 is 2.28 bits per heavy atom. The van der Waals surface area contributed by atoms with Crippen LogP contribution in [0.5, 0.6) is 11.5 Å². The van der Waals surface area contributed by atoms with Crippen LogP contribution in [0.15, 0.2) is 18.2 Å². The van der Waals surface area contributed by atoms with Crippen molar-refractivity contribution in [2.75, 3.05) is 32.8 Å². The summed E-state index contributed by atoms with van der Waals surface area (Å²) in [5.41, 5.74) is 0.894. The average molecular weight is 451 g/mol. The van der Waals surface area contributed by atoms with Gasteiger partial charge in [-0.05, 0) is 57.7 Å². The summed E-state index contributed by atoms with van der Waals surface area (Å²) in [7, 11) is 0. The zero-order chi connectivity index (χ0) is 23.7. The highest BCUT2D eigenvalue weighted by molar-refractivity contribution is 6.27. The number of nitrogens with zero attached hydrogens (tertiary/aromatic N) is 2. The summed E-state index contributed by atoms with van der Waals surface area (Å²) in [6, 6.07) is 5.67. The molecule has 0 aromatic heterocycles. The number of aromatic hydroxyl groups is 1. The SMILES string of the molecule is CCOc1cccc(CN2CCC(C(=O)N3CCCC(C)C3)CC2)c1O.O=C(O)C(=O)O. The number of rotatable bonds is 5. The van der Waals surface area contributed by atoms with Gasteiger partial charge < -0.3 is 25.0 Å². The third kappa shape index (κ3) is 7.40. The summed E-state index contributed by atoms with van der Waals surface area (Å²) >= 11 is 0. The molecule has 1 atom stereocenters. The first-order valence-corrected chi connectivity index (χ1v) is 11.1. The molecule has 1 aromatic rings. The van der Waals surface area contributed by atoms with Crippen LogP contribution in [0.4, 0.5) is 0 Å². The fourth-order valence-electron chi connectivity index (χ4n) is 4.19. The molecular weight excluding hydrogens is 416 g/mol. The summed E-state index contributed by atoms with van der Waals surface area (Å²) in [4.78, 5) is 35.4. The first-order valence-electron chi connectivity index (χ1n) is 11.1. The molecule has 1 aromatic carbocycles. The molecule has 2 aliphatic rings. The lowest BCUT2D eigenvalue weighted by Crippen LogP contribution is -2.45. The van der Waals surface area contributed by atoms with E-state index < -0.39 is 11.9 Å². The molecule has 178 valence electrons. The van der Waals surface area contributed by atoms with E-state index in [1.165, 1.54) is 6.42 Å². The van der Waals surface area contributed by atoms with E-state index in [-0.39, 0.29) is 11.7 Å². The van der Waals surface area contributed by atoms with Crippen LogP contribution in [0.25, 0.3) is 0 Å². The standard InChI is InChI=1S/C21H32N2O3.C2H2O4/c1-3-26-19-8-4-7-18(20(19)24)15-22-12-9-17(10-13-22)21(25)23-11-5-6-16(2)14-23;3-1(4)2(5)6/h4,7-8,16-17,24H,3,5-6,9-15H2,1-2H3;(H,3,4)(H,5,6). The van der Waals surface area contributed by atoms with Gasteiger partial charge in [-0.2, -0.15) is 0 Å². The highest BCUT2D eigenvalue weighted by Gasteiger charge is 2.30. The Kier molecular flexibility index (Phi) is 9.77. The average Bonchev–Trinajstić information content (AvgIpc) is 2.77. The van der Waals surface area contributed by atoms with Gasteiger partial charge in [-0.15, -0.1) is 0 Å². The van der Waals surface area contributed by atoms with Crippen LogP contribution in [0.3, 0.4) is 0 Å². The highest BCUT2D eigenvalue weighted by atomic mass is 16.5. The third-order valence-electron chi connectivity index (χ3n) is 5.86. The lowest BCUT2D eigenvalue weighted by Gasteiger charge is -2.37. The number of amides is 1. The van der Waals surface area contributed by atoms with E-state index in [1.54, 1.807) is 6.07 Å². The molecule has 1 unspecified atom stereocenters. The number of carboxylic acids is 2. The Hall–Kier alpha value is -2.81. The number of phenols is 1. The monoisotopic (exact) mass is 450 g/mol. The minimum Gasteiger partial charge on any atom is -0.504 e. The highest BCUT2D eigenvalue weighted by Crippen LogP contribution is 2.32. The summed E-state index contributed by atoms with van der Waals surface area (Å²) in [5.74, 6) is -1.69. The maximum atomic E-state index is 12.8. The number of benzene rings is 1. The van der Waals surface area contributed by atoms with E-state index in [1.807, 2.05) is 19.1 Å². The number of likely N-dealkylation sites (tertiary alicyclic amines) is 2. The van der Waals surface area contributed by atoms with Crippen molar-refractivity contribution in [3.63, 3.8) is 0 Å². The van der Waals surface area contributed by atoms with Crippen molar-refractivity contribution < 1.29 is 34.4 Å². The van der Waals surface area contributed by atoms with E-state index in [0.717, 1.165) is 51.0 Å².